The standard InChI is InChI=1S/C24H33NO3/c1-7-23(28-21-14-17(4)13-18(5)15-21)24(26)25-22(12-16(2)3)19-8-10-20(27-6)11-9-19/h8-11,13-16,22-23H,7,12H2,1-6H3,(H,25,26)/t22-,23-/m1/s1. The third kappa shape index (κ3) is 6.29. The van der Waals surface area contributed by atoms with E-state index >= 15 is 0 Å². The number of hydrogen-bond donors (Lipinski definition) is 1. The van der Waals surface area contributed by atoms with Crippen molar-refractivity contribution in [2.24, 2.45) is 5.92 Å². The van der Waals surface area contributed by atoms with Crippen LogP contribution < -0.4 is 14.8 Å². The lowest BCUT2D eigenvalue weighted by molar-refractivity contribution is -0.129. The van der Waals surface area contributed by atoms with E-state index in [0.717, 1.165) is 34.6 Å². The maximum absolute atomic E-state index is 13.0. The van der Waals surface area contributed by atoms with Crippen LogP contribution in [0, 0.1) is 19.8 Å². The Morgan fingerprint density at radius 2 is 1.61 bits per heavy atom. The highest BCUT2D eigenvalue weighted by molar-refractivity contribution is 5.81. The minimum Gasteiger partial charge on any atom is -0.497 e. The average molecular weight is 384 g/mol. The third-order valence-electron chi connectivity index (χ3n) is 4.68. The molecule has 4 heteroatoms. The van der Waals surface area contributed by atoms with Crippen molar-refractivity contribution in [3.8, 4) is 11.5 Å². The summed E-state index contributed by atoms with van der Waals surface area (Å²) in [5, 5.41) is 3.20. The van der Waals surface area contributed by atoms with Gasteiger partial charge in [-0.2, -0.15) is 0 Å². The molecular formula is C24H33NO3. The first-order chi connectivity index (χ1) is 13.3. The van der Waals surface area contributed by atoms with Crippen LogP contribution in [0.5, 0.6) is 11.5 Å². The minimum absolute atomic E-state index is 0.0599. The van der Waals surface area contributed by atoms with E-state index in [4.69, 9.17) is 9.47 Å². The molecule has 28 heavy (non-hydrogen) atoms. The van der Waals surface area contributed by atoms with Crippen LogP contribution in [0.1, 0.15) is 56.3 Å². The maximum Gasteiger partial charge on any atom is 0.261 e. The smallest absolute Gasteiger partial charge is 0.261 e. The Morgan fingerprint density at radius 1 is 1.00 bits per heavy atom. The zero-order valence-electron chi connectivity index (χ0n) is 17.9. The summed E-state index contributed by atoms with van der Waals surface area (Å²) in [6.45, 7) is 10.3. The van der Waals surface area contributed by atoms with Gasteiger partial charge in [-0.1, -0.05) is 39.0 Å². The summed E-state index contributed by atoms with van der Waals surface area (Å²) in [5.41, 5.74) is 3.33. The van der Waals surface area contributed by atoms with Crippen molar-refractivity contribution in [1.29, 1.82) is 0 Å². The van der Waals surface area contributed by atoms with Crippen molar-refractivity contribution in [1.82, 2.24) is 5.32 Å². The zero-order valence-corrected chi connectivity index (χ0v) is 17.9. The Kier molecular flexibility index (Phi) is 7.91. The van der Waals surface area contributed by atoms with Crippen LogP contribution in [0.2, 0.25) is 0 Å². The minimum atomic E-state index is -0.519. The molecule has 0 bridgehead atoms. The lowest BCUT2D eigenvalue weighted by Gasteiger charge is -2.25. The third-order valence-corrected chi connectivity index (χ3v) is 4.68. The number of carbonyl (C=O) groups excluding carboxylic acids is 1. The molecular weight excluding hydrogens is 350 g/mol. The number of carbonyl (C=O) groups is 1. The molecule has 0 radical (unpaired) electrons. The maximum atomic E-state index is 13.0. The number of hydrogen-bond acceptors (Lipinski definition) is 3. The summed E-state index contributed by atoms with van der Waals surface area (Å²) < 4.78 is 11.3. The molecule has 2 aromatic rings. The topological polar surface area (TPSA) is 47.6 Å². The van der Waals surface area contributed by atoms with E-state index in [-0.39, 0.29) is 11.9 Å². The van der Waals surface area contributed by atoms with Crippen LogP contribution in [0.15, 0.2) is 42.5 Å². The Bertz CT molecular complexity index is 748. The molecule has 0 aliphatic rings. The van der Waals surface area contributed by atoms with E-state index in [1.807, 2.05) is 57.2 Å². The summed E-state index contributed by atoms with van der Waals surface area (Å²) in [6.07, 6.45) is 0.947. The predicted molar refractivity (Wildman–Crippen MR) is 114 cm³/mol. The van der Waals surface area contributed by atoms with E-state index in [1.54, 1.807) is 7.11 Å². The van der Waals surface area contributed by atoms with Gasteiger partial charge in [-0.05, 0) is 73.6 Å². The van der Waals surface area contributed by atoms with Gasteiger partial charge in [0.05, 0.1) is 13.2 Å². The molecule has 4 nitrogen and oxygen atoms in total. The number of nitrogens with one attached hydrogen (secondary N) is 1. The van der Waals surface area contributed by atoms with Crippen LogP contribution in [0.3, 0.4) is 0 Å². The number of benzene rings is 2. The highest BCUT2D eigenvalue weighted by Crippen LogP contribution is 2.25. The molecule has 0 heterocycles. The molecule has 1 amide bonds. The molecule has 2 aromatic carbocycles. The quantitative estimate of drug-likeness (QED) is 0.633. The van der Waals surface area contributed by atoms with Gasteiger partial charge in [0.15, 0.2) is 6.10 Å². The fraction of sp³-hybridized carbons (Fsp3) is 0.458. The molecule has 0 aromatic heterocycles. The lowest BCUT2D eigenvalue weighted by atomic mass is 9.96. The van der Waals surface area contributed by atoms with Crippen molar-refractivity contribution in [2.75, 3.05) is 7.11 Å². The summed E-state index contributed by atoms with van der Waals surface area (Å²) in [6, 6.07) is 13.9. The van der Waals surface area contributed by atoms with Gasteiger partial charge in [-0.15, -0.1) is 0 Å². The van der Waals surface area contributed by atoms with Gasteiger partial charge in [0.1, 0.15) is 11.5 Å². The van der Waals surface area contributed by atoms with Crippen LogP contribution in [-0.2, 0) is 4.79 Å². The van der Waals surface area contributed by atoms with Crippen LogP contribution in [0.4, 0.5) is 0 Å². The van der Waals surface area contributed by atoms with Crippen molar-refractivity contribution in [2.45, 2.75) is 59.6 Å². The van der Waals surface area contributed by atoms with Crippen molar-refractivity contribution < 1.29 is 14.3 Å². The fourth-order valence-electron chi connectivity index (χ4n) is 3.34. The molecule has 0 fully saturated rings. The van der Waals surface area contributed by atoms with Crippen molar-refractivity contribution in [3.63, 3.8) is 0 Å². The highest BCUT2D eigenvalue weighted by atomic mass is 16.5. The second-order valence-electron chi connectivity index (χ2n) is 7.80. The number of amides is 1. The van der Waals surface area contributed by atoms with Gasteiger partial charge in [-0.3, -0.25) is 4.79 Å². The number of aryl methyl sites for hydroxylation is 2. The Morgan fingerprint density at radius 3 is 2.11 bits per heavy atom. The van der Waals surface area contributed by atoms with Gasteiger partial charge < -0.3 is 14.8 Å². The summed E-state index contributed by atoms with van der Waals surface area (Å²) in [7, 11) is 1.65. The molecule has 0 aliphatic heterocycles. The molecule has 0 aliphatic carbocycles. The molecule has 0 saturated carbocycles. The first-order valence-electron chi connectivity index (χ1n) is 10.0. The van der Waals surface area contributed by atoms with Gasteiger partial charge in [-0.25, -0.2) is 0 Å². The lowest BCUT2D eigenvalue weighted by Crippen LogP contribution is -2.40. The van der Waals surface area contributed by atoms with E-state index < -0.39 is 6.10 Å². The van der Waals surface area contributed by atoms with Crippen LogP contribution in [-0.4, -0.2) is 19.1 Å². The zero-order chi connectivity index (χ0) is 20.7. The second-order valence-corrected chi connectivity index (χ2v) is 7.80. The molecule has 0 unspecified atom stereocenters. The van der Waals surface area contributed by atoms with Crippen LogP contribution in [0.25, 0.3) is 0 Å². The first-order valence-corrected chi connectivity index (χ1v) is 10.0. The van der Waals surface area contributed by atoms with E-state index in [0.29, 0.717) is 12.3 Å². The van der Waals surface area contributed by atoms with Crippen LogP contribution >= 0.6 is 0 Å². The molecule has 1 N–H and O–H groups in total. The van der Waals surface area contributed by atoms with E-state index in [1.165, 1.54) is 0 Å². The molecule has 2 rings (SSSR count). The summed E-state index contributed by atoms with van der Waals surface area (Å²) in [4.78, 5) is 13.0. The Hall–Kier alpha value is -2.49. The summed E-state index contributed by atoms with van der Waals surface area (Å²) in [5.74, 6) is 1.92. The predicted octanol–water partition coefficient (Wildman–Crippen LogP) is 5.37. The highest BCUT2D eigenvalue weighted by Gasteiger charge is 2.23. The van der Waals surface area contributed by atoms with Crippen molar-refractivity contribution >= 4 is 5.91 Å². The second kappa shape index (κ2) is 10.2. The average Bonchev–Trinajstić information content (AvgIpc) is 2.64. The van der Waals surface area contributed by atoms with Crippen molar-refractivity contribution in [3.05, 3.63) is 59.2 Å². The Labute approximate surface area is 169 Å². The van der Waals surface area contributed by atoms with Gasteiger partial charge >= 0.3 is 0 Å². The number of methoxy groups -OCH3 is 1. The molecule has 152 valence electrons. The normalized spacial score (nSPS) is 13.1. The number of rotatable bonds is 9. The monoisotopic (exact) mass is 383 g/mol. The molecule has 0 saturated heterocycles. The van der Waals surface area contributed by atoms with Gasteiger partial charge in [0.25, 0.3) is 5.91 Å². The first kappa shape index (κ1) is 21.8. The number of ether oxygens (including phenoxy) is 2. The van der Waals surface area contributed by atoms with Gasteiger partial charge in [0.2, 0.25) is 0 Å². The van der Waals surface area contributed by atoms with E-state index in [2.05, 4.69) is 25.2 Å². The largest absolute Gasteiger partial charge is 0.497 e. The molecule has 0 spiro atoms. The Balaban J connectivity index is 2.14. The molecule has 2 atom stereocenters. The summed E-state index contributed by atoms with van der Waals surface area (Å²) >= 11 is 0. The van der Waals surface area contributed by atoms with E-state index in [9.17, 15) is 4.79 Å². The fourth-order valence-corrected chi connectivity index (χ4v) is 3.34. The van der Waals surface area contributed by atoms with Gasteiger partial charge in [0, 0.05) is 0 Å². The SMILES string of the molecule is CC[C@@H](Oc1cc(C)cc(C)c1)C(=O)N[C@H](CC(C)C)c1ccc(OC)cc1.